The van der Waals surface area contributed by atoms with Crippen LogP contribution in [0.5, 0.6) is 5.75 Å². The first kappa shape index (κ1) is 8.78. The predicted molar refractivity (Wildman–Crippen MR) is 47.7 cm³/mol. The van der Waals surface area contributed by atoms with E-state index in [-0.39, 0.29) is 11.6 Å². The highest BCUT2D eigenvalue weighted by Crippen LogP contribution is 2.18. The lowest BCUT2D eigenvalue weighted by Crippen LogP contribution is -1.87. The van der Waals surface area contributed by atoms with Crippen LogP contribution in [0.1, 0.15) is 12.5 Å². The van der Waals surface area contributed by atoms with E-state index < -0.39 is 0 Å². The van der Waals surface area contributed by atoms with Crippen molar-refractivity contribution in [1.29, 1.82) is 0 Å². The molecule has 0 radical (unpaired) electrons. The quantitative estimate of drug-likeness (QED) is 0.656. The molecule has 1 aromatic rings. The maximum absolute atomic E-state index is 13.0. The van der Waals surface area contributed by atoms with Crippen molar-refractivity contribution in [3.63, 3.8) is 0 Å². The lowest BCUT2D eigenvalue weighted by molar-refractivity contribution is 0.386. The van der Waals surface area contributed by atoms with E-state index in [9.17, 15) is 4.39 Å². The van der Waals surface area contributed by atoms with Gasteiger partial charge < -0.3 is 4.74 Å². The molecule has 12 heavy (non-hydrogen) atoms. The van der Waals surface area contributed by atoms with Gasteiger partial charge in [-0.3, -0.25) is 0 Å². The number of ether oxygens (including phenoxy) is 1. The third-order valence-electron chi connectivity index (χ3n) is 1.53. The van der Waals surface area contributed by atoms with Crippen LogP contribution < -0.4 is 4.74 Å². The van der Waals surface area contributed by atoms with Gasteiger partial charge in [0.25, 0.3) is 0 Å². The van der Waals surface area contributed by atoms with Crippen LogP contribution in [0, 0.1) is 5.82 Å². The third kappa shape index (κ3) is 1.84. The number of halogens is 1. The lowest BCUT2D eigenvalue weighted by atomic mass is 10.2. The minimum absolute atomic E-state index is 0.281. The zero-order valence-corrected chi connectivity index (χ0v) is 7.17. The van der Waals surface area contributed by atoms with Gasteiger partial charge in [-0.15, -0.1) is 0 Å². The van der Waals surface area contributed by atoms with Crippen molar-refractivity contribution < 1.29 is 9.13 Å². The van der Waals surface area contributed by atoms with Gasteiger partial charge in [-0.1, -0.05) is 18.2 Å². The summed E-state index contributed by atoms with van der Waals surface area (Å²) in [6.07, 6.45) is 3.70. The van der Waals surface area contributed by atoms with Crippen LogP contribution in [0.4, 0.5) is 4.39 Å². The number of hydrogen-bond acceptors (Lipinski definition) is 1. The largest absolute Gasteiger partial charge is 0.494 e. The normalized spacial score (nSPS) is 10.6. The van der Waals surface area contributed by atoms with Gasteiger partial charge in [-0.25, -0.2) is 4.39 Å². The second-order valence-electron chi connectivity index (χ2n) is 2.39. The van der Waals surface area contributed by atoms with Gasteiger partial charge in [-0.2, -0.15) is 0 Å². The summed E-state index contributed by atoms with van der Waals surface area (Å²) in [5, 5.41) is 0. The molecule has 2 heteroatoms. The Morgan fingerprint density at radius 1 is 1.42 bits per heavy atom. The van der Waals surface area contributed by atoms with Crippen LogP contribution in [-0.4, -0.2) is 7.11 Å². The molecule has 0 heterocycles. The molecule has 1 nitrogen and oxygen atoms in total. The highest BCUT2D eigenvalue weighted by Gasteiger charge is 2.00. The maximum atomic E-state index is 13.0. The van der Waals surface area contributed by atoms with Crippen molar-refractivity contribution in [3.05, 3.63) is 35.7 Å². The summed E-state index contributed by atoms with van der Waals surface area (Å²) in [7, 11) is 1.45. The monoisotopic (exact) mass is 166 g/mol. The Bertz CT molecular complexity index is 292. The van der Waals surface area contributed by atoms with Crippen LogP contribution in [0.25, 0.3) is 6.08 Å². The molecular weight excluding hydrogens is 155 g/mol. The van der Waals surface area contributed by atoms with Crippen molar-refractivity contribution in [1.82, 2.24) is 0 Å². The van der Waals surface area contributed by atoms with E-state index in [0.29, 0.717) is 0 Å². The molecule has 0 spiro atoms. The topological polar surface area (TPSA) is 9.23 Å². The summed E-state index contributed by atoms with van der Waals surface area (Å²) in [5.41, 5.74) is 0.843. The zero-order valence-electron chi connectivity index (χ0n) is 7.17. The van der Waals surface area contributed by atoms with Gasteiger partial charge in [-0.05, 0) is 24.6 Å². The van der Waals surface area contributed by atoms with Crippen LogP contribution in [0.2, 0.25) is 0 Å². The van der Waals surface area contributed by atoms with Gasteiger partial charge in [0, 0.05) is 0 Å². The molecule has 0 amide bonds. The van der Waals surface area contributed by atoms with E-state index in [0.717, 1.165) is 5.56 Å². The Morgan fingerprint density at radius 3 is 2.67 bits per heavy atom. The minimum atomic E-state index is -0.326. The summed E-state index contributed by atoms with van der Waals surface area (Å²) >= 11 is 0. The maximum Gasteiger partial charge on any atom is 0.165 e. The van der Waals surface area contributed by atoms with Crippen LogP contribution >= 0.6 is 0 Å². The fourth-order valence-corrected chi connectivity index (χ4v) is 0.979. The predicted octanol–water partition coefficient (Wildman–Crippen LogP) is 2.87. The Kier molecular flexibility index (Phi) is 2.86. The Balaban J connectivity index is 3.01. The van der Waals surface area contributed by atoms with E-state index in [1.54, 1.807) is 6.07 Å². The first-order chi connectivity index (χ1) is 5.77. The highest BCUT2D eigenvalue weighted by molar-refractivity contribution is 5.50. The summed E-state index contributed by atoms with van der Waals surface area (Å²) < 4.78 is 17.8. The molecule has 0 aliphatic heterocycles. The van der Waals surface area contributed by atoms with Crippen molar-refractivity contribution in [2.45, 2.75) is 6.92 Å². The molecule has 0 saturated heterocycles. The second kappa shape index (κ2) is 3.90. The van der Waals surface area contributed by atoms with Crippen molar-refractivity contribution >= 4 is 6.08 Å². The Hall–Kier alpha value is -1.31. The van der Waals surface area contributed by atoms with Gasteiger partial charge in [0.1, 0.15) is 0 Å². The number of rotatable bonds is 2. The highest BCUT2D eigenvalue weighted by atomic mass is 19.1. The molecule has 0 aliphatic rings. The summed E-state index contributed by atoms with van der Waals surface area (Å²) in [4.78, 5) is 0. The van der Waals surface area contributed by atoms with Gasteiger partial charge >= 0.3 is 0 Å². The molecule has 0 N–H and O–H groups in total. The number of methoxy groups -OCH3 is 1. The Morgan fingerprint density at radius 2 is 2.17 bits per heavy atom. The smallest absolute Gasteiger partial charge is 0.165 e. The van der Waals surface area contributed by atoms with E-state index in [4.69, 9.17) is 4.74 Å². The molecule has 0 unspecified atom stereocenters. The van der Waals surface area contributed by atoms with Gasteiger partial charge in [0.15, 0.2) is 11.6 Å². The van der Waals surface area contributed by atoms with Crippen LogP contribution in [0.15, 0.2) is 24.3 Å². The molecule has 0 aliphatic carbocycles. The second-order valence-corrected chi connectivity index (χ2v) is 2.39. The number of benzene rings is 1. The standard InChI is InChI=1S/C10H11FO/c1-3-4-8-5-6-10(12-2)9(11)7-8/h3-7H,1-2H3/b4-3-. The fourth-order valence-electron chi connectivity index (χ4n) is 0.979. The van der Waals surface area contributed by atoms with E-state index in [1.807, 2.05) is 25.1 Å². The van der Waals surface area contributed by atoms with Crippen LogP contribution in [-0.2, 0) is 0 Å². The average Bonchev–Trinajstić information content (AvgIpc) is 2.05. The summed E-state index contributed by atoms with van der Waals surface area (Å²) in [5.74, 6) is -0.0450. The molecule has 64 valence electrons. The molecule has 0 bridgehead atoms. The van der Waals surface area contributed by atoms with Crippen molar-refractivity contribution in [3.8, 4) is 5.75 Å². The number of allylic oxidation sites excluding steroid dienone is 1. The summed E-state index contributed by atoms with van der Waals surface area (Å²) in [6, 6.07) is 4.87. The third-order valence-corrected chi connectivity index (χ3v) is 1.53. The minimum Gasteiger partial charge on any atom is -0.494 e. The lowest BCUT2D eigenvalue weighted by Gasteiger charge is -2.01. The van der Waals surface area contributed by atoms with Gasteiger partial charge in [0.05, 0.1) is 7.11 Å². The average molecular weight is 166 g/mol. The molecular formula is C10H11FO. The molecule has 0 atom stereocenters. The fraction of sp³-hybridized carbons (Fsp3) is 0.200. The zero-order chi connectivity index (χ0) is 8.97. The van der Waals surface area contributed by atoms with Crippen LogP contribution in [0.3, 0.4) is 0 Å². The number of hydrogen-bond donors (Lipinski definition) is 0. The van der Waals surface area contributed by atoms with E-state index >= 15 is 0 Å². The van der Waals surface area contributed by atoms with Crippen molar-refractivity contribution in [2.24, 2.45) is 0 Å². The first-order valence-electron chi connectivity index (χ1n) is 3.74. The van der Waals surface area contributed by atoms with E-state index in [2.05, 4.69) is 0 Å². The molecule has 0 fully saturated rings. The SMILES string of the molecule is C/C=C\c1ccc(OC)c(F)c1. The molecule has 0 saturated carbocycles. The molecule has 1 aromatic carbocycles. The molecule has 0 aromatic heterocycles. The summed E-state index contributed by atoms with van der Waals surface area (Å²) in [6.45, 7) is 1.89. The molecule has 1 rings (SSSR count). The van der Waals surface area contributed by atoms with E-state index in [1.165, 1.54) is 13.2 Å². The van der Waals surface area contributed by atoms with Gasteiger partial charge in [0.2, 0.25) is 0 Å². The van der Waals surface area contributed by atoms with Crippen molar-refractivity contribution in [2.75, 3.05) is 7.11 Å². The first-order valence-corrected chi connectivity index (χ1v) is 3.74. The Labute approximate surface area is 71.5 Å².